The molecule has 1 N–H and O–H groups in total. The van der Waals surface area contributed by atoms with E-state index in [0.717, 1.165) is 18.6 Å². The smallest absolute Gasteiger partial charge is 0.240 e. The van der Waals surface area contributed by atoms with Gasteiger partial charge < -0.3 is 9.80 Å². The summed E-state index contributed by atoms with van der Waals surface area (Å²) in [6.07, 6.45) is 3.66. The zero-order chi connectivity index (χ0) is 19.8. The number of hydrazone groups is 1. The van der Waals surface area contributed by atoms with Gasteiger partial charge in [0.2, 0.25) is 17.7 Å². The van der Waals surface area contributed by atoms with Crippen LogP contribution in [0.4, 0.5) is 0 Å². The Hall–Kier alpha value is -1.92. The highest BCUT2D eigenvalue weighted by Crippen LogP contribution is 2.63. The fourth-order valence-corrected chi connectivity index (χ4v) is 4.93. The van der Waals surface area contributed by atoms with Gasteiger partial charge >= 0.3 is 0 Å². The van der Waals surface area contributed by atoms with Gasteiger partial charge in [-0.05, 0) is 30.6 Å². The van der Waals surface area contributed by atoms with Crippen molar-refractivity contribution in [2.75, 3.05) is 26.2 Å². The highest BCUT2D eigenvalue weighted by Gasteiger charge is 2.60. The van der Waals surface area contributed by atoms with Crippen molar-refractivity contribution in [1.29, 1.82) is 0 Å². The molecule has 3 fully saturated rings. The monoisotopic (exact) mass is 376 g/mol. The summed E-state index contributed by atoms with van der Waals surface area (Å²) in [6.45, 7) is 10.6. The zero-order valence-electron chi connectivity index (χ0n) is 17.0. The number of fused-ring (bicyclic) bond motifs is 2. The van der Waals surface area contributed by atoms with Crippen molar-refractivity contribution in [2.24, 2.45) is 21.8 Å². The van der Waals surface area contributed by atoms with Crippen LogP contribution in [0.1, 0.15) is 59.8 Å². The predicted octanol–water partition coefficient (Wildman–Crippen LogP) is 1.78. The van der Waals surface area contributed by atoms with Crippen LogP contribution in [0, 0.1) is 16.7 Å². The first kappa shape index (κ1) is 19.8. The third kappa shape index (κ3) is 3.60. The molecule has 3 amide bonds. The van der Waals surface area contributed by atoms with E-state index < -0.39 is 0 Å². The van der Waals surface area contributed by atoms with Crippen LogP contribution in [0.15, 0.2) is 5.10 Å². The van der Waals surface area contributed by atoms with Crippen LogP contribution in [0.25, 0.3) is 0 Å². The molecule has 150 valence electrons. The molecule has 0 radical (unpaired) electrons. The molecule has 2 aliphatic carbocycles. The number of nitrogens with one attached hydrogen (secondary N) is 1. The molecule has 27 heavy (non-hydrogen) atoms. The van der Waals surface area contributed by atoms with Crippen molar-refractivity contribution < 1.29 is 14.4 Å². The average molecular weight is 377 g/mol. The summed E-state index contributed by atoms with van der Waals surface area (Å²) < 4.78 is 0. The number of hydrogen-bond donors (Lipinski definition) is 1. The molecule has 1 aliphatic heterocycles. The normalized spacial score (nSPS) is 30.7. The first-order valence-corrected chi connectivity index (χ1v) is 10.0. The highest BCUT2D eigenvalue weighted by atomic mass is 16.2. The van der Waals surface area contributed by atoms with Gasteiger partial charge in [0, 0.05) is 57.1 Å². The number of rotatable bonds is 4. The molecule has 7 nitrogen and oxygen atoms in total. The van der Waals surface area contributed by atoms with Crippen LogP contribution in [0.5, 0.6) is 0 Å². The number of nitrogens with zero attached hydrogens (tertiary/aromatic N) is 3. The minimum Gasteiger partial charge on any atom is -0.339 e. The quantitative estimate of drug-likeness (QED) is 0.759. The molecular weight excluding hydrogens is 344 g/mol. The van der Waals surface area contributed by atoms with E-state index in [9.17, 15) is 14.4 Å². The number of piperazine rings is 1. The van der Waals surface area contributed by atoms with E-state index in [0.29, 0.717) is 32.1 Å². The van der Waals surface area contributed by atoms with E-state index in [1.807, 2.05) is 0 Å². The van der Waals surface area contributed by atoms with Crippen LogP contribution in [0.2, 0.25) is 0 Å². The summed E-state index contributed by atoms with van der Waals surface area (Å²) in [6, 6.07) is 0. The summed E-state index contributed by atoms with van der Waals surface area (Å²) in [5, 5.41) is 4.44. The van der Waals surface area contributed by atoms with Gasteiger partial charge in [0.25, 0.3) is 0 Å². The lowest BCUT2D eigenvalue weighted by molar-refractivity contribution is -0.139. The van der Waals surface area contributed by atoms with Gasteiger partial charge in [-0.1, -0.05) is 20.8 Å². The molecular formula is C20H32N4O3. The van der Waals surface area contributed by atoms with E-state index in [1.54, 1.807) is 16.7 Å². The minimum absolute atomic E-state index is 0.0333. The SMILES string of the molecule is CC(=O)N1CCN(C(=O)CCC(=O)N/N=C2/C[C@H]3CC[C@]2(C)C3(C)C)CC1. The number of carbonyl (C=O) groups is 3. The summed E-state index contributed by atoms with van der Waals surface area (Å²) in [4.78, 5) is 39.3. The van der Waals surface area contributed by atoms with Crippen molar-refractivity contribution in [1.82, 2.24) is 15.2 Å². The number of carbonyl (C=O) groups excluding carboxylic acids is 3. The first-order valence-electron chi connectivity index (χ1n) is 10.0. The van der Waals surface area contributed by atoms with Gasteiger partial charge in [0.05, 0.1) is 0 Å². The van der Waals surface area contributed by atoms with E-state index in [1.165, 1.54) is 6.42 Å². The molecule has 0 aromatic rings. The van der Waals surface area contributed by atoms with Crippen molar-refractivity contribution >= 4 is 23.4 Å². The van der Waals surface area contributed by atoms with Crippen LogP contribution >= 0.6 is 0 Å². The van der Waals surface area contributed by atoms with Gasteiger partial charge in [-0.15, -0.1) is 0 Å². The molecule has 0 spiro atoms. The van der Waals surface area contributed by atoms with Crippen molar-refractivity contribution in [3.8, 4) is 0 Å². The maximum absolute atomic E-state index is 12.3. The van der Waals surface area contributed by atoms with Crippen LogP contribution in [0.3, 0.4) is 0 Å². The first-order chi connectivity index (χ1) is 12.6. The molecule has 0 aromatic heterocycles. The molecule has 1 saturated heterocycles. The van der Waals surface area contributed by atoms with E-state index >= 15 is 0 Å². The van der Waals surface area contributed by atoms with Crippen molar-refractivity contribution in [3.05, 3.63) is 0 Å². The second kappa shape index (κ2) is 7.24. The standard InChI is InChI=1S/C20H32N4O3/c1-14(25)23-9-11-24(12-10-23)18(27)6-5-17(26)22-21-16-13-15-7-8-20(16,4)19(15,2)3/h15H,5-13H2,1-4H3,(H,22,26)/b21-16-/t15-,20+/m1/s1. The number of amides is 3. The Labute approximate surface area is 161 Å². The summed E-state index contributed by atoms with van der Waals surface area (Å²) >= 11 is 0. The fraction of sp³-hybridized carbons (Fsp3) is 0.800. The third-order valence-corrected chi connectivity index (χ3v) is 7.47. The maximum atomic E-state index is 12.3. The molecule has 1 heterocycles. The Morgan fingerprint density at radius 2 is 1.70 bits per heavy atom. The second-order valence-corrected chi connectivity index (χ2v) is 8.97. The molecule has 2 saturated carbocycles. The molecule has 3 aliphatic rings. The molecule has 0 aromatic carbocycles. The Kier molecular flexibility index (Phi) is 5.32. The molecule has 2 atom stereocenters. The lowest BCUT2D eigenvalue weighted by Gasteiger charge is -2.34. The topological polar surface area (TPSA) is 82.1 Å². The van der Waals surface area contributed by atoms with Gasteiger partial charge in [-0.25, -0.2) is 5.43 Å². The molecule has 7 heteroatoms. The molecule has 3 rings (SSSR count). The van der Waals surface area contributed by atoms with E-state index in [2.05, 4.69) is 31.3 Å². The Morgan fingerprint density at radius 1 is 1.07 bits per heavy atom. The number of hydrogen-bond acceptors (Lipinski definition) is 4. The lowest BCUT2D eigenvalue weighted by Crippen LogP contribution is -2.50. The Bertz CT molecular complexity index is 664. The largest absolute Gasteiger partial charge is 0.339 e. The summed E-state index contributed by atoms with van der Waals surface area (Å²) in [5.41, 5.74) is 4.08. The summed E-state index contributed by atoms with van der Waals surface area (Å²) in [7, 11) is 0. The van der Waals surface area contributed by atoms with Gasteiger partial charge in [0.1, 0.15) is 0 Å². The highest BCUT2D eigenvalue weighted by molar-refractivity contribution is 5.95. The van der Waals surface area contributed by atoms with Gasteiger partial charge in [0.15, 0.2) is 0 Å². The molecule has 2 bridgehead atoms. The Morgan fingerprint density at radius 3 is 2.22 bits per heavy atom. The van der Waals surface area contributed by atoms with Gasteiger partial charge in [-0.2, -0.15) is 5.10 Å². The van der Waals surface area contributed by atoms with Gasteiger partial charge in [-0.3, -0.25) is 14.4 Å². The predicted molar refractivity (Wildman–Crippen MR) is 103 cm³/mol. The van der Waals surface area contributed by atoms with Crippen LogP contribution in [-0.2, 0) is 14.4 Å². The van der Waals surface area contributed by atoms with Crippen LogP contribution < -0.4 is 5.43 Å². The minimum atomic E-state index is -0.206. The van der Waals surface area contributed by atoms with E-state index in [-0.39, 0.29) is 41.4 Å². The Balaban J connectivity index is 1.44. The van der Waals surface area contributed by atoms with Crippen molar-refractivity contribution in [3.63, 3.8) is 0 Å². The van der Waals surface area contributed by atoms with Crippen LogP contribution in [-0.4, -0.2) is 59.4 Å². The van der Waals surface area contributed by atoms with E-state index in [4.69, 9.17) is 0 Å². The maximum Gasteiger partial charge on any atom is 0.240 e. The average Bonchev–Trinajstić information content (AvgIpc) is 2.97. The zero-order valence-corrected chi connectivity index (χ0v) is 17.0. The fourth-order valence-electron chi connectivity index (χ4n) is 4.93. The third-order valence-electron chi connectivity index (χ3n) is 7.47. The van der Waals surface area contributed by atoms with Crippen molar-refractivity contribution in [2.45, 2.75) is 59.8 Å². The summed E-state index contributed by atoms with van der Waals surface area (Å²) in [5.74, 6) is 0.447. The molecule has 0 unspecified atom stereocenters. The second-order valence-electron chi connectivity index (χ2n) is 8.97. The lowest BCUT2D eigenvalue weighted by atomic mass is 9.70.